The van der Waals surface area contributed by atoms with Crippen LogP contribution >= 0.6 is 0 Å². The minimum atomic E-state index is -1.19. The molecule has 0 saturated heterocycles. The molecular formula is C13H10FNO4. The zero-order valence-electron chi connectivity index (χ0n) is 9.96. The Labute approximate surface area is 107 Å². The second-order valence-corrected chi connectivity index (χ2v) is 3.71. The molecule has 6 heteroatoms. The van der Waals surface area contributed by atoms with E-state index in [1.165, 1.54) is 48.1 Å². The molecule has 0 radical (unpaired) electrons. The van der Waals surface area contributed by atoms with Crippen LogP contribution < -0.4 is 0 Å². The Morgan fingerprint density at radius 1 is 1.11 bits per heavy atom. The molecule has 98 valence electrons. The van der Waals surface area contributed by atoms with Crippen molar-refractivity contribution in [2.24, 2.45) is 0 Å². The highest BCUT2D eigenvalue weighted by atomic mass is 19.1. The number of esters is 1. The van der Waals surface area contributed by atoms with E-state index >= 15 is 0 Å². The molecule has 1 aromatic carbocycles. The van der Waals surface area contributed by atoms with E-state index in [0.29, 0.717) is 5.69 Å². The molecule has 19 heavy (non-hydrogen) atoms. The quantitative estimate of drug-likeness (QED) is 0.861. The number of methoxy groups -OCH3 is 1. The van der Waals surface area contributed by atoms with Gasteiger partial charge in [0, 0.05) is 5.69 Å². The van der Waals surface area contributed by atoms with Crippen LogP contribution in [0.4, 0.5) is 4.39 Å². The van der Waals surface area contributed by atoms with E-state index in [1.54, 1.807) is 0 Å². The van der Waals surface area contributed by atoms with Gasteiger partial charge in [0.1, 0.15) is 17.2 Å². The van der Waals surface area contributed by atoms with Crippen LogP contribution in [0.5, 0.6) is 0 Å². The summed E-state index contributed by atoms with van der Waals surface area (Å²) in [6.07, 6.45) is 0. The summed E-state index contributed by atoms with van der Waals surface area (Å²) < 4.78 is 18.7. The monoisotopic (exact) mass is 263 g/mol. The third kappa shape index (κ3) is 2.33. The summed E-state index contributed by atoms with van der Waals surface area (Å²) in [6, 6.07) is 7.77. The van der Waals surface area contributed by atoms with Crippen LogP contribution in [-0.4, -0.2) is 28.7 Å². The Morgan fingerprint density at radius 3 is 2.21 bits per heavy atom. The van der Waals surface area contributed by atoms with Crippen molar-refractivity contribution < 1.29 is 23.8 Å². The van der Waals surface area contributed by atoms with Gasteiger partial charge in [-0.3, -0.25) is 4.57 Å². The van der Waals surface area contributed by atoms with Gasteiger partial charge in [0.25, 0.3) is 0 Å². The van der Waals surface area contributed by atoms with Crippen molar-refractivity contribution >= 4 is 11.9 Å². The fraction of sp³-hybridized carbons (Fsp3) is 0.0769. The average Bonchev–Trinajstić information content (AvgIpc) is 2.83. The molecule has 5 nitrogen and oxygen atoms in total. The number of ether oxygens (including phenoxy) is 1. The number of aromatic carboxylic acids is 1. The predicted octanol–water partition coefficient (Wildman–Crippen LogP) is 2.10. The molecule has 0 saturated carbocycles. The van der Waals surface area contributed by atoms with Crippen LogP contribution in [-0.2, 0) is 4.74 Å². The maximum absolute atomic E-state index is 12.9. The normalized spacial score (nSPS) is 10.2. The van der Waals surface area contributed by atoms with Crippen LogP contribution in [0.1, 0.15) is 21.0 Å². The van der Waals surface area contributed by atoms with Gasteiger partial charge in [0.15, 0.2) is 0 Å². The van der Waals surface area contributed by atoms with Crippen molar-refractivity contribution in [3.8, 4) is 5.69 Å². The molecule has 0 aliphatic rings. The predicted molar refractivity (Wildman–Crippen MR) is 64.0 cm³/mol. The maximum Gasteiger partial charge on any atom is 0.355 e. The van der Waals surface area contributed by atoms with Crippen molar-refractivity contribution in [1.29, 1.82) is 0 Å². The first-order valence-electron chi connectivity index (χ1n) is 5.34. The molecule has 0 atom stereocenters. The van der Waals surface area contributed by atoms with Crippen LogP contribution in [0.15, 0.2) is 36.4 Å². The van der Waals surface area contributed by atoms with E-state index in [9.17, 15) is 14.0 Å². The molecular weight excluding hydrogens is 253 g/mol. The summed E-state index contributed by atoms with van der Waals surface area (Å²) in [7, 11) is 1.20. The fourth-order valence-corrected chi connectivity index (χ4v) is 1.74. The highest BCUT2D eigenvalue weighted by Crippen LogP contribution is 2.18. The standard InChI is InChI=1S/C13H10FNO4/c1-19-13(18)11-7-6-10(12(16)17)15(11)9-4-2-8(14)3-5-9/h2-7H,1H3,(H,16,17). The molecule has 0 amide bonds. The molecule has 2 rings (SSSR count). The van der Waals surface area contributed by atoms with Crippen molar-refractivity contribution in [3.63, 3.8) is 0 Å². The summed E-state index contributed by atoms with van der Waals surface area (Å²) in [5.74, 6) is -2.32. The average molecular weight is 263 g/mol. The van der Waals surface area contributed by atoms with Gasteiger partial charge in [-0.2, -0.15) is 0 Å². The number of halogens is 1. The highest BCUT2D eigenvalue weighted by molar-refractivity contribution is 5.93. The third-order valence-electron chi connectivity index (χ3n) is 2.58. The van der Waals surface area contributed by atoms with E-state index < -0.39 is 17.8 Å². The number of carboxylic acids is 1. The lowest BCUT2D eigenvalue weighted by atomic mass is 10.3. The summed E-state index contributed by atoms with van der Waals surface area (Å²) in [6.45, 7) is 0. The highest BCUT2D eigenvalue weighted by Gasteiger charge is 2.20. The van der Waals surface area contributed by atoms with Gasteiger partial charge < -0.3 is 9.84 Å². The Balaban J connectivity index is 2.64. The molecule has 1 heterocycles. The number of benzene rings is 1. The summed E-state index contributed by atoms with van der Waals surface area (Å²) in [5, 5.41) is 9.10. The summed E-state index contributed by atoms with van der Waals surface area (Å²) >= 11 is 0. The number of rotatable bonds is 3. The van der Waals surface area contributed by atoms with E-state index in [4.69, 9.17) is 5.11 Å². The second kappa shape index (κ2) is 4.93. The Hall–Kier alpha value is -2.63. The maximum atomic E-state index is 12.9. The van der Waals surface area contributed by atoms with Crippen molar-refractivity contribution in [1.82, 2.24) is 4.57 Å². The number of carboxylic acid groups (broad SMARTS) is 1. The lowest BCUT2D eigenvalue weighted by Gasteiger charge is -2.10. The molecule has 0 aliphatic heterocycles. The molecule has 2 aromatic rings. The zero-order chi connectivity index (χ0) is 14.0. The molecule has 1 aromatic heterocycles. The van der Waals surface area contributed by atoms with Crippen LogP contribution in [0.3, 0.4) is 0 Å². The van der Waals surface area contributed by atoms with E-state index in [2.05, 4.69) is 4.74 Å². The minimum Gasteiger partial charge on any atom is -0.477 e. The van der Waals surface area contributed by atoms with E-state index in [0.717, 1.165) is 0 Å². The van der Waals surface area contributed by atoms with Gasteiger partial charge in [0.05, 0.1) is 7.11 Å². The number of carbonyl (C=O) groups is 2. The molecule has 0 bridgehead atoms. The van der Waals surface area contributed by atoms with Crippen LogP contribution in [0.2, 0.25) is 0 Å². The summed E-state index contributed by atoms with van der Waals surface area (Å²) in [4.78, 5) is 22.7. The Kier molecular flexibility index (Phi) is 3.33. The zero-order valence-corrected chi connectivity index (χ0v) is 9.96. The first-order valence-corrected chi connectivity index (χ1v) is 5.34. The number of hydrogen-bond donors (Lipinski definition) is 1. The van der Waals surface area contributed by atoms with E-state index in [1.807, 2.05) is 0 Å². The van der Waals surface area contributed by atoms with Gasteiger partial charge in [0.2, 0.25) is 0 Å². The minimum absolute atomic E-state index is 0.0616. The number of nitrogens with zero attached hydrogens (tertiary/aromatic N) is 1. The second-order valence-electron chi connectivity index (χ2n) is 3.71. The lowest BCUT2D eigenvalue weighted by molar-refractivity contribution is 0.0591. The Morgan fingerprint density at radius 2 is 1.68 bits per heavy atom. The van der Waals surface area contributed by atoms with Gasteiger partial charge in [-0.25, -0.2) is 14.0 Å². The van der Waals surface area contributed by atoms with E-state index in [-0.39, 0.29) is 11.4 Å². The van der Waals surface area contributed by atoms with Gasteiger partial charge in [-0.1, -0.05) is 0 Å². The number of hydrogen-bond acceptors (Lipinski definition) is 3. The van der Waals surface area contributed by atoms with Crippen LogP contribution in [0.25, 0.3) is 5.69 Å². The number of aromatic nitrogens is 1. The van der Waals surface area contributed by atoms with Gasteiger partial charge in [-0.05, 0) is 36.4 Å². The smallest absolute Gasteiger partial charge is 0.355 e. The topological polar surface area (TPSA) is 68.5 Å². The molecule has 0 fully saturated rings. The van der Waals surface area contributed by atoms with Crippen molar-refractivity contribution in [2.45, 2.75) is 0 Å². The lowest BCUT2D eigenvalue weighted by Crippen LogP contribution is -2.13. The third-order valence-corrected chi connectivity index (χ3v) is 2.58. The first-order chi connectivity index (χ1) is 9.04. The van der Waals surface area contributed by atoms with Gasteiger partial charge in [-0.15, -0.1) is 0 Å². The molecule has 0 unspecified atom stereocenters. The van der Waals surface area contributed by atoms with Crippen molar-refractivity contribution in [2.75, 3.05) is 7.11 Å². The molecule has 0 aliphatic carbocycles. The molecule has 1 N–H and O–H groups in total. The molecule has 0 spiro atoms. The first kappa shape index (κ1) is 12.8. The van der Waals surface area contributed by atoms with Crippen molar-refractivity contribution in [3.05, 3.63) is 53.6 Å². The van der Waals surface area contributed by atoms with Gasteiger partial charge >= 0.3 is 11.9 Å². The number of carbonyl (C=O) groups excluding carboxylic acids is 1. The SMILES string of the molecule is COC(=O)c1ccc(C(=O)O)n1-c1ccc(F)cc1. The van der Waals surface area contributed by atoms with Crippen LogP contribution in [0, 0.1) is 5.82 Å². The largest absolute Gasteiger partial charge is 0.477 e. The summed E-state index contributed by atoms with van der Waals surface area (Å²) in [5.41, 5.74) is 0.322. The Bertz CT molecular complexity index is 631. The fourth-order valence-electron chi connectivity index (χ4n) is 1.74.